The molecule has 1 rings (SSSR count). The van der Waals surface area contributed by atoms with Crippen LogP contribution < -0.4 is 4.72 Å². The minimum atomic E-state index is -3.49. The zero-order valence-electron chi connectivity index (χ0n) is 10.7. The van der Waals surface area contributed by atoms with Crippen molar-refractivity contribution in [3.63, 3.8) is 0 Å². The quantitative estimate of drug-likeness (QED) is 0.618. The van der Waals surface area contributed by atoms with Crippen molar-refractivity contribution in [1.82, 2.24) is 0 Å². The number of rotatable bonds is 7. The summed E-state index contributed by atoms with van der Waals surface area (Å²) in [5, 5.41) is 0.297. The highest BCUT2D eigenvalue weighted by Gasteiger charge is 2.20. The van der Waals surface area contributed by atoms with Crippen LogP contribution in [0.2, 0.25) is 0 Å². The van der Waals surface area contributed by atoms with Gasteiger partial charge in [0.25, 0.3) is 0 Å². The van der Waals surface area contributed by atoms with Crippen LogP contribution in [0.15, 0.2) is 6.07 Å². The van der Waals surface area contributed by atoms with Crippen LogP contribution >= 0.6 is 22.9 Å². The van der Waals surface area contributed by atoms with Gasteiger partial charge in [-0.3, -0.25) is 4.72 Å². The lowest BCUT2D eigenvalue weighted by atomic mass is 10.3. The minimum absolute atomic E-state index is 0.0737. The zero-order chi connectivity index (χ0) is 14.5. The summed E-state index contributed by atoms with van der Waals surface area (Å²) in [6.07, 6.45) is 0.357. The van der Waals surface area contributed by atoms with Gasteiger partial charge in [0.2, 0.25) is 10.0 Å². The molecule has 5 nitrogen and oxygen atoms in total. The number of anilines is 1. The molecule has 0 spiro atoms. The third-order valence-electron chi connectivity index (χ3n) is 2.15. The Morgan fingerprint density at radius 1 is 1.53 bits per heavy atom. The van der Waals surface area contributed by atoms with Crippen LogP contribution in [0.1, 0.15) is 28.6 Å². The topological polar surface area (TPSA) is 72.5 Å². The number of alkyl halides is 1. The van der Waals surface area contributed by atoms with Crippen LogP contribution in [0.3, 0.4) is 0 Å². The predicted molar refractivity (Wildman–Crippen MR) is 77.8 cm³/mol. The van der Waals surface area contributed by atoms with E-state index in [-0.39, 0.29) is 23.8 Å². The maximum Gasteiger partial charge on any atom is 0.341 e. The first-order chi connectivity index (χ1) is 8.89. The van der Waals surface area contributed by atoms with E-state index in [0.717, 1.165) is 4.88 Å². The number of hydrogen-bond acceptors (Lipinski definition) is 5. The molecule has 0 atom stereocenters. The van der Waals surface area contributed by atoms with E-state index in [1.807, 2.05) is 0 Å². The highest BCUT2D eigenvalue weighted by Crippen LogP contribution is 2.29. The number of hydrogen-bond donors (Lipinski definition) is 1. The van der Waals surface area contributed by atoms with Gasteiger partial charge in [0.1, 0.15) is 5.00 Å². The second kappa shape index (κ2) is 7.12. The summed E-state index contributed by atoms with van der Waals surface area (Å²) in [4.78, 5) is 12.5. The Kier molecular flexibility index (Phi) is 6.09. The standard InChI is InChI=1S/C11H16ClNO4S2/c1-3-17-11(14)9-7-8(2)18-10(9)13-19(15,16)6-4-5-12/h7,13H,3-6H2,1-2H3. The second-order valence-corrected chi connectivity index (χ2v) is 7.26. The van der Waals surface area contributed by atoms with Crippen LogP contribution in [-0.2, 0) is 14.8 Å². The van der Waals surface area contributed by atoms with Crippen molar-refractivity contribution in [3.05, 3.63) is 16.5 Å². The SMILES string of the molecule is CCOC(=O)c1cc(C)sc1NS(=O)(=O)CCCCl. The normalized spacial score (nSPS) is 11.3. The Labute approximate surface area is 122 Å². The molecule has 0 aliphatic carbocycles. The van der Waals surface area contributed by atoms with E-state index >= 15 is 0 Å². The van der Waals surface area contributed by atoms with Crippen molar-refractivity contribution >= 4 is 43.9 Å². The van der Waals surface area contributed by atoms with Gasteiger partial charge < -0.3 is 4.74 Å². The molecule has 0 saturated carbocycles. The molecule has 1 N–H and O–H groups in total. The number of carbonyl (C=O) groups is 1. The summed E-state index contributed by atoms with van der Waals surface area (Å²) >= 11 is 6.68. The first kappa shape index (κ1) is 16.3. The average Bonchev–Trinajstić information content (AvgIpc) is 2.67. The van der Waals surface area contributed by atoms with Crippen LogP contribution in [0.5, 0.6) is 0 Å². The minimum Gasteiger partial charge on any atom is -0.462 e. The van der Waals surface area contributed by atoms with E-state index in [1.165, 1.54) is 11.3 Å². The van der Waals surface area contributed by atoms with Gasteiger partial charge in [-0.2, -0.15) is 0 Å². The van der Waals surface area contributed by atoms with Gasteiger partial charge in [0, 0.05) is 10.8 Å². The number of halogens is 1. The molecule has 0 unspecified atom stereocenters. The van der Waals surface area contributed by atoms with Crippen molar-refractivity contribution < 1.29 is 17.9 Å². The van der Waals surface area contributed by atoms with Crippen molar-refractivity contribution in [3.8, 4) is 0 Å². The highest BCUT2D eigenvalue weighted by molar-refractivity contribution is 7.92. The molecule has 0 bridgehead atoms. The zero-order valence-corrected chi connectivity index (χ0v) is 13.1. The molecule has 0 amide bonds. The summed E-state index contributed by atoms with van der Waals surface area (Å²) in [6, 6.07) is 1.61. The highest BCUT2D eigenvalue weighted by atomic mass is 35.5. The molecule has 1 heterocycles. The van der Waals surface area contributed by atoms with E-state index in [0.29, 0.717) is 11.4 Å². The van der Waals surface area contributed by atoms with Gasteiger partial charge in [-0.25, -0.2) is 13.2 Å². The number of ether oxygens (including phenoxy) is 1. The fraction of sp³-hybridized carbons (Fsp3) is 0.545. The van der Waals surface area contributed by atoms with Gasteiger partial charge in [-0.15, -0.1) is 22.9 Å². The molecular formula is C11H16ClNO4S2. The van der Waals surface area contributed by atoms with E-state index in [9.17, 15) is 13.2 Å². The fourth-order valence-corrected chi connectivity index (χ4v) is 4.00. The molecule has 0 aliphatic heterocycles. The van der Waals surface area contributed by atoms with Crippen molar-refractivity contribution in [1.29, 1.82) is 0 Å². The summed E-state index contributed by atoms with van der Waals surface area (Å²) in [6.45, 7) is 3.73. The maximum absolute atomic E-state index is 11.8. The van der Waals surface area contributed by atoms with Crippen molar-refractivity contribution in [2.75, 3.05) is 23.0 Å². The lowest BCUT2D eigenvalue weighted by molar-refractivity contribution is 0.0528. The first-order valence-electron chi connectivity index (χ1n) is 5.73. The Bertz CT molecular complexity index is 539. The number of aryl methyl sites for hydroxylation is 1. The Balaban J connectivity index is 2.92. The van der Waals surface area contributed by atoms with Crippen LogP contribution in [0, 0.1) is 6.92 Å². The van der Waals surface area contributed by atoms with Gasteiger partial charge in [-0.1, -0.05) is 0 Å². The largest absolute Gasteiger partial charge is 0.462 e. The molecule has 1 aromatic heterocycles. The lowest BCUT2D eigenvalue weighted by Crippen LogP contribution is -2.18. The molecule has 1 aromatic rings. The number of thiophene rings is 1. The van der Waals surface area contributed by atoms with Crippen LogP contribution in [0.4, 0.5) is 5.00 Å². The second-order valence-electron chi connectivity index (χ2n) is 3.78. The summed E-state index contributed by atoms with van der Waals surface area (Å²) in [5.41, 5.74) is 0.249. The molecule has 0 fully saturated rings. The van der Waals surface area contributed by atoms with Gasteiger partial charge >= 0.3 is 5.97 Å². The molecule has 19 heavy (non-hydrogen) atoms. The number of nitrogens with one attached hydrogen (secondary N) is 1. The molecular weight excluding hydrogens is 310 g/mol. The Hall–Kier alpha value is -0.790. The third kappa shape index (κ3) is 5.00. The van der Waals surface area contributed by atoms with Gasteiger partial charge in [0.05, 0.1) is 17.9 Å². The molecule has 0 aliphatic rings. The van der Waals surface area contributed by atoms with Crippen LogP contribution in [-0.4, -0.2) is 32.6 Å². The van der Waals surface area contributed by atoms with E-state index in [2.05, 4.69) is 4.72 Å². The average molecular weight is 326 g/mol. The molecule has 0 radical (unpaired) electrons. The molecule has 108 valence electrons. The fourth-order valence-electron chi connectivity index (χ4n) is 1.39. The van der Waals surface area contributed by atoms with E-state index in [4.69, 9.17) is 16.3 Å². The van der Waals surface area contributed by atoms with Gasteiger partial charge in [0.15, 0.2) is 0 Å². The third-order valence-corrected chi connectivity index (χ3v) is 4.85. The monoisotopic (exact) mass is 325 g/mol. The smallest absolute Gasteiger partial charge is 0.341 e. The van der Waals surface area contributed by atoms with Gasteiger partial charge in [-0.05, 0) is 26.3 Å². The molecule has 0 saturated heterocycles. The van der Waals surface area contributed by atoms with E-state index in [1.54, 1.807) is 19.9 Å². The van der Waals surface area contributed by atoms with Crippen molar-refractivity contribution in [2.24, 2.45) is 0 Å². The lowest BCUT2D eigenvalue weighted by Gasteiger charge is -2.07. The van der Waals surface area contributed by atoms with Crippen LogP contribution in [0.25, 0.3) is 0 Å². The maximum atomic E-state index is 11.8. The Morgan fingerprint density at radius 3 is 2.79 bits per heavy atom. The Morgan fingerprint density at radius 2 is 2.21 bits per heavy atom. The number of esters is 1. The first-order valence-corrected chi connectivity index (χ1v) is 8.74. The number of sulfonamides is 1. The summed E-state index contributed by atoms with van der Waals surface area (Å²) in [7, 11) is -3.49. The summed E-state index contributed by atoms with van der Waals surface area (Å²) < 4.78 is 30.9. The molecule has 8 heteroatoms. The predicted octanol–water partition coefficient (Wildman–Crippen LogP) is 2.60. The summed E-state index contributed by atoms with van der Waals surface area (Å²) in [5.74, 6) is -0.327. The molecule has 0 aromatic carbocycles. The van der Waals surface area contributed by atoms with E-state index < -0.39 is 16.0 Å². The van der Waals surface area contributed by atoms with Crippen molar-refractivity contribution in [2.45, 2.75) is 20.3 Å². The number of carbonyl (C=O) groups excluding carboxylic acids is 1.